The lowest BCUT2D eigenvalue weighted by Gasteiger charge is -2.36. The number of benzene rings is 1. The molecule has 0 atom stereocenters. The number of anilines is 1. The molecule has 2 N–H and O–H groups in total. The van der Waals surface area contributed by atoms with Gasteiger partial charge in [0, 0.05) is 24.1 Å². The van der Waals surface area contributed by atoms with Crippen molar-refractivity contribution in [1.29, 1.82) is 0 Å². The number of hydrogen-bond acceptors (Lipinski definition) is 5. The van der Waals surface area contributed by atoms with E-state index in [0.29, 0.717) is 30.0 Å². The van der Waals surface area contributed by atoms with Crippen molar-refractivity contribution in [2.75, 3.05) is 32.6 Å². The van der Waals surface area contributed by atoms with Crippen molar-refractivity contribution in [2.24, 2.45) is 0 Å². The summed E-state index contributed by atoms with van der Waals surface area (Å²) in [6.45, 7) is 3.48. The molecule has 8 heteroatoms. The summed E-state index contributed by atoms with van der Waals surface area (Å²) in [5.74, 6) is 1.16. The molecular weight excluding hydrogens is 356 g/mol. The third kappa shape index (κ3) is 3.64. The van der Waals surface area contributed by atoms with Crippen molar-refractivity contribution >= 4 is 24.0 Å². The smallest absolute Gasteiger partial charge is 0.252 e. The number of piperidine rings is 1. The standard InChI is InChI=1S/C18H24N4O3.ClH/c1-13-11-15(24-2)16(25-3)12-14(13)21-17(23)18(5-8-19-9-6-18)22-10-4-7-20-22;/h4,7,10-12,19H,5-6,8-9H2,1-3H3,(H,21,23);1H. The summed E-state index contributed by atoms with van der Waals surface area (Å²) in [6, 6.07) is 5.50. The summed E-state index contributed by atoms with van der Waals surface area (Å²) >= 11 is 0. The predicted molar refractivity (Wildman–Crippen MR) is 102 cm³/mol. The van der Waals surface area contributed by atoms with Gasteiger partial charge in [0.25, 0.3) is 5.91 Å². The SMILES string of the molecule is COc1cc(C)c(NC(=O)C2(n3cccn3)CCNCC2)cc1OC.Cl. The molecular formula is C18H25ClN4O3. The van der Waals surface area contributed by atoms with Crippen LogP contribution < -0.4 is 20.1 Å². The highest BCUT2D eigenvalue weighted by Crippen LogP contribution is 2.35. The molecule has 2 heterocycles. The van der Waals surface area contributed by atoms with Crippen LogP contribution in [-0.2, 0) is 10.3 Å². The molecule has 3 rings (SSSR count). The second kappa shape index (κ2) is 8.42. The van der Waals surface area contributed by atoms with Crippen molar-refractivity contribution in [3.8, 4) is 11.5 Å². The molecule has 142 valence electrons. The molecule has 7 nitrogen and oxygen atoms in total. The number of hydrogen-bond donors (Lipinski definition) is 2. The molecule has 1 aromatic heterocycles. The van der Waals surface area contributed by atoms with Gasteiger partial charge in [-0.2, -0.15) is 5.10 Å². The van der Waals surface area contributed by atoms with E-state index in [1.165, 1.54) is 0 Å². The van der Waals surface area contributed by atoms with Crippen LogP contribution in [-0.4, -0.2) is 43.0 Å². The molecule has 2 aromatic rings. The normalized spacial score (nSPS) is 15.7. The molecule has 1 aliphatic rings. The molecule has 1 aliphatic heterocycles. The van der Waals surface area contributed by atoms with Gasteiger partial charge in [0.1, 0.15) is 5.54 Å². The summed E-state index contributed by atoms with van der Waals surface area (Å²) in [5.41, 5.74) is 0.942. The molecule has 0 radical (unpaired) electrons. The van der Waals surface area contributed by atoms with Crippen LogP contribution in [0.4, 0.5) is 5.69 Å². The van der Waals surface area contributed by atoms with E-state index in [-0.39, 0.29) is 18.3 Å². The van der Waals surface area contributed by atoms with Crippen molar-refractivity contribution in [3.63, 3.8) is 0 Å². The second-order valence-corrected chi connectivity index (χ2v) is 6.21. The van der Waals surface area contributed by atoms with Crippen LogP contribution >= 0.6 is 12.4 Å². The van der Waals surface area contributed by atoms with Gasteiger partial charge in [0.05, 0.1) is 14.2 Å². The quantitative estimate of drug-likeness (QED) is 0.832. The summed E-state index contributed by atoms with van der Waals surface area (Å²) in [7, 11) is 3.17. The van der Waals surface area contributed by atoms with Gasteiger partial charge in [-0.05, 0) is 50.6 Å². The zero-order chi connectivity index (χ0) is 17.9. The predicted octanol–water partition coefficient (Wildman–Crippen LogP) is 2.35. The van der Waals surface area contributed by atoms with Crippen LogP contribution in [0, 0.1) is 6.92 Å². The first-order valence-corrected chi connectivity index (χ1v) is 8.35. The number of carbonyl (C=O) groups excluding carboxylic acids is 1. The van der Waals surface area contributed by atoms with Crippen LogP contribution in [0.3, 0.4) is 0 Å². The number of ether oxygens (including phenoxy) is 2. The molecule has 0 unspecified atom stereocenters. The first-order valence-electron chi connectivity index (χ1n) is 8.35. The Kier molecular flexibility index (Phi) is 6.50. The molecule has 0 bridgehead atoms. The lowest BCUT2D eigenvalue weighted by atomic mass is 9.87. The first-order chi connectivity index (χ1) is 12.1. The second-order valence-electron chi connectivity index (χ2n) is 6.21. The third-order valence-electron chi connectivity index (χ3n) is 4.78. The number of rotatable bonds is 5. The molecule has 0 aliphatic carbocycles. The highest BCUT2D eigenvalue weighted by molar-refractivity contribution is 5.97. The van der Waals surface area contributed by atoms with E-state index in [9.17, 15) is 4.79 Å². The Labute approximate surface area is 159 Å². The fraction of sp³-hybridized carbons (Fsp3) is 0.444. The van der Waals surface area contributed by atoms with Gasteiger partial charge in [-0.25, -0.2) is 0 Å². The molecule has 1 amide bonds. The fourth-order valence-electron chi connectivity index (χ4n) is 3.28. The monoisotopic (exact) mass is 380 g/mol. The van der Waals surface area contributed by atoms with E-state index in [4.69, 9.17) is 9.47 Å². The van der Waals surface area contributed by atoms with E-state index >= 15 is 0 Å². The van der Waals surface area contributed by atoms with Crippen LogP contribution in [0.2, 0.25) is 0 Å². The number of methoxy groups -OCH3 is 2. The van der Waals surface area contributed by atoms with Gasteiger partial charge in [-0.3, -0.25) is 9.48 Å². The van der Waals surface area contributed by atoms with E-state index < -0.39 is 5.54 Å². The average molecular weight is 381 g/mol. The molecule has 1 fully saturated rings. The molecule has 0 saturated carbocycles. The number of halogens is 1. The van der Waals surface area contributed by atoms with E-state index in [0.717, 1.165) is 18.7 Å². The van der Waals surface area contributed by atoms with Crippen molar-refractivity contribution in [2.45, 2.75) is 25.3 Å². The Morgan fingerprint density at radius 3 is 2.46 bits per heavy atom. The van der Waals surface area contributed by atoms with Crippen molar-refractivity contribution < 1.29 is 14.3 Å². The van der Waals surface area contributed by atoms with E-state index in [1.54, 1.807) is 31.2 Å². The van der Waals surface area contributed by atoms with E-state index in [1.807, 2.05) is 25.3 Å². The van der Waals surface area contributed by atoms with Crippen LogP contribution in [0.25, 0.3) is 0 Å². The number of aromatic nitrogens is 2. The Bertz CT molecular complexity index is 743. The summed E-state index contributed by atoms with van der Waals surface area (Å²) < 4.78 is 12.4. The Morgan fingerprint density at radius 1 is 1.23 bits per heavy atom. The Balaban J connectivity index is 0.00000243. The highest BCUT2D eigenvalue weighted by atomic mass is 35.5. The number of amides is 1. The average Bonchev–Trinajstić information content (AvgIpc) is 3.18. The van der Waals surface area contributed by atoms with Crippen LogP contribution in [0.1, 0.15) is 18.4 Å². The Morgan fingerprint density at radius 2 is 1.88 bits per heavy atom. The summed E-state index contributed by atoms with van der Waals surface area (Å²) in [5, 5.41) is 10.7. The molecule has 26 heavy (non-hydrogen) atoms. The maximum Gasteiger partial charge on any atom is 0.252 e. The number of nitrogens with zero attached hydrogens (tertiary/aromatic N) is 2. The lowest BCUT2D eigenvalue weighted by Crippen LogP contribution is -2.52. The molecule has 1 aromatic carbocycles. The van der Waals surface area contributed by atoms with Crippen LogP contribution in [0.5, 0.6) is 11.5 Å². The topological polar surface area (TPSA) is 77.4 Å². The zero-order valence-corrected chi connectivity index (χ0v) is 16.1. The van der Waals surface area contributed by atoms with Gasteiger partial charge in [-0.15, -0.1) is 12.4 Å². The number of nitrogens with one attached hydrogen (secondary N) is 2. The van der Waals surface area contributed by atoms with Gasteiger partial charge < -0.3 is 20.1 Å². The fourth-order valence-corrected chi connectivity index (χ4v) is 3.28. The highest BCUT2D eigenvalue weighted by Gasteiger charge is 2.42. The van der Waals surface area contributed by atoms with Gasteiger partial charge in [0.2, 0.25) is 0 Å². The third-order valence-corrected chi connectivity index (χ3v) is 4.78. The number of carbonyl (C=O) groups is 1. The van der Waals surface area contributed by atoms with Gasteiger partial charge in [-0.1, -0.05) is 0 Å². The van der Waals surface area contributed by atoms with Crippen LogP contribution in [0.15, 0.2) is 30.6 Å². The first kappa shape index (κ1) is 20.1. The maximum atomic E-state index is 13.2. The summed E-state index contributed by atoms with van der Waals surface area (Å²) in [4.78, 5) is 13.2. The van der Waals surface area contributed by atoms with Crippen molar-refractivity contribution in [1.82, 2.24) is 15.1 Å². The largest absolute Gasteiger partial charge is 0.493 e. The lowest BCUT2D eigenvalue weighted by molar-refractivity contribution is -0.126. The summed E-state index contributed by atoms with van der Waals surface area (Å²) in [6.07, 6.45) is 4.94. The number of aryl methyl sites for hydroxylation is 1. The minimum absolute atomic E-state index is 0. The zero-order valence-electron chi connectivity index (χ0n) is 15.2. The minimum atomic E-state index is -0.686. The Hall–Kier alpha value is -2.25. The van der Waals surface area contributed by atoms with Gasteiger partial charge in [0.15, 0.2) is 11.5 Å². The van der Waals surface area contributed by atoms with Gasteiger partial charge >= 0.3 is 0 Å². The minimum Gasteiger partial charge on any atom is -0.493 e. The van der Waals surface area contributed by atoms with E-state index in [2.05, 4.69) is 15.7 Å². The maximum absolute atomic E-state index is 13.2. The van der Waals surface area contributed by atoms with Crippen molar-refractivity contribution in [3.05, 3.63) is 36.2 Å². The molecule has 1 saturated heterocycles. The molecule has 0 spiro atoms.